The van der Waals surface area contributed by atoms with Crippen molar-refractivity contribution < 1.29 is 4.74 Å². The second-order valence-corrected chi connectivity index (χ2v) is 4.49. The van der Waals surface area contributed by atoms with Crippen molar-refractivity contribution in [3.63, 3.8) is 0 Å². The van der Waals surface area contributed by atoms with Crippen LogP contribution in [0.3, 0.4) is 0 Å². The van der Waals surface area contributed by atoms with Crippen LogP contribution in [-0.2, 0) is 11.3 Å². The van der Waals surface area contributed by atoms with Gasteiger partial charge in [-0.05, 0) is 17.7 Å². The van der Waals surface area contributed by atoms with Crippen LogP contribution >= 0.6 is 0 Å². The summed E-state index contributed by atoms with van der Waals surface area (Å²) in [7, 11) is 0. The van der Waals surface area contributed by atoms with E-state index in [4.69, 9.17) is 4.74 Å². The summed E-state index contributed by atoms with van der Waals surface area (Å²) in [5, 5.41) is 3.39. The second kappa shape index (κ2) is 5.67. The molecule has 1 heterocycles. The van der Waals surface area contributed by atoms with Gasteiger partial charge in [0.15, 0.2) is 0 Å². The van der Waals surface area contributed by atoms with Crippen molar-refractivity contribution in [1.29, 1.82) is 0 Å². The zero-order valence-electron chi connectivity index (χ0n) is 10.6. The van der Waals surface area contributed by atoms with E-state index in [-0.39, 0.29) is 6.17 Å². The van der Waals surface area contributed by atoms with Crippen molar-refractivity contribution in [3.8, 4) is 0 Å². The predicted octanol–water partition coefficient (Wildman–Crippen LogP) is 2.58. The molecular formula is C16H16N2O. The lowest BCUT2D eigenvalue weighted by atomic mass is 10.2. The van der Waals surface area contributed by atoms with E-state index in [0.29, 0.717) is 6.61 Å². The number of ether oxygens (including phenoxy) is 1. The number of nitrogens with zero attached hydrogens (tertiary/aromatic N) is 1. The molecule has 2 aromatic rings. The highest BCUT2D eigenvalue weighted by Crippen LogP contribution is 2.11. The molecule has 0 fully saturated rings. The largest absolute Gasteiger partial charge is 0.474 e. The molecule has 2 aromatic carbocycles. The lowest BCUT2D eigenvalue weighted by Crippen LogP contribution is -2.27. The van der Waals surface area contributed by atoms with Crippen molar-refractivity contribution in [2.45, 2.75) is 12.7 Å². The molecule has 3 nitrogen and oxygen atoms in total. The Morgan fingerprint density at radius 2 is 1.68 bits per heavy atom. The number of rotatable bonds is 4. The summed E-state index contributed by atoms with van der Waals surface area (Å²) in [6.07, 6.45) is 0.0374. The third-order valence-corrected chi connectivity index (χ3v) is 3.06. The summed E-state index contributed by atoms with van der Waals surface area (Å²) in [4.78, 5) is 4.56. The number of benzene rings is 2. The Bertz CT molecular complexity index is 551. The van der Waals surface area contributed by atoms with Crippen LogP contribution in [0.2, 0.25) is 0 Å². The highest BCUT2D eigenvalue weighted by molar-refractivity contribution is 5.95. The van der Waals surface area contributed by atoms with Crippen LogP contribution in [0.1, 0.15) is 11.1 Å². The van der Waals surface area contributed by atoms with Crippen molar-refractivity contribution >= 4 is 5.90 Å². The van der Waals surface area contributed by atoms with Crippen LogP contribution in [0, 0.1) is 0 Å². The second-order valence-electron chi connectivity index (χ2n) is 4.49. The first-order valence-corrected chi connectivity index (χ1v) is 6.45. The van der Waals surface area contributed by atoms with Gasteiger partial charge in [0.2, 0.25) is 5.90 Å². The summed E-state index contributed by atoms with van der Waals surface area (Å²) in [6, 6.07) is 20.3. The highest BCUT2D eigenvalue weighted by Gasteiger charge is 2.18. The van der Waals surface area contributed by atoms with E-state index >= 15 is 0 Å². The SMILES string of the molecule is c1ccc(CNC2COC(c3ccccc3)=N2)cc1. The van der Waals surface area contributed by atoms with Gasteiger partial charge < -0.3 is 4.74 Å². The fourth-order valence-corrected chi connectivity index (χ4v) is 2.05. The van der Waals surface area contributed by atoms with Gasteiger partial charge in [-0.1, -0.05) is 48.5 Å². The van der Waals surface area contributed by atoms with Gasteiger partial charge in [-0.2, -0.15) is 0 Å². The van der Waals surface area contributed by atoms with Crippen LogP contribution in [0.5, 0.6) is 0 Å². The van der Waals surface area contributed by atoms with E-state index in [1.165, 1.54) is 5.56 Å². The minimum absolute atomic E-state index is 0.0374. The molecule has 1 atom stereocenters. The molecule has 1 aliphatic heterocycles. The Hall–Kier alpha value is -2.13. The van der Waals surface area contributed by atoms with Gasteiger partial charge in [-0.15, -0.1) is 0 Å². The first-order valence-electron chi connectivity index (χ1n) is 6.45. The van der Waals surface area contributed by atoms with Crippen molar-refractivity contribution in [3.05, 3.63) is 71.8 Å². The van der Waals surface area contributed by atoms with Gasteiger partial charge in [-0.3, -0.25) is 5.32 Å². The van der Waals surface area contributed by atoms with Crippen molar-refractivity contribution in [2.24, 2.45) is 4.99 Å². The van der Waals surface area contributed by atoms with Crippen molar-refractivity contribution in [1.82, 2.24) is 5.32 Å². The van der Waals surface area contributed by atoms with Crippen LogP contribution in [0.15, 0.2) is 65.7 Å². The van der Waals surface area contributed by atoms with Gasteiger partial charge >= 0.3 is 0 Å². The Kier molecular flexibility index (Phi) is 3.56. The minimum Gasteiger partial charge on any atom is -0.474 e. The molecule has 19 heavy (non-hydrogen) atoms. The summed E-state index contributed by atoms with van der Waals surface area (Å²) in [5.74, 6) is 0.728. The fourth-order valence-electron chi connectivity index (χ4n) is 2.05. The monoisotopic (exact) mass is 252 g/mol. The molecule has 1 unspecified atom stereocenters. The van der Waals surface area contributed by atoms with Gasteiger partial charge in [0.1, 0.15) is 12.8 Å². The molecule has 3 heteroatoms. The summed E-state index contributed by atoms with van der Waals surface area (Å²) >= 11 is 0. The van der Waals surface area contributed by atoms with E-state index in [0.717, 1.165) is 18.0 Å². The van der Waals surface area contributed by atoms with E-state index in [2.05, 4.69) is 22.4 Å². The Balaban J connectivity index is 1.61. The summed E-state index contributed by atoms with van der Waals surface area (Å²) < 4.78 is 5.63. The molecule has 0 radical (unpaired) electrons. The first-order chi connectivity index (χ1) is 9.42. The van der Waals surface area contributed by atoms with Crippen LogP contribution in [-0.4, -0.2) is 18.7 Å². The number of hydrogen-bond acceptors (Lipinski definition) is 3. The number of aliphatic imine (C=N–C) groups is 1. The average molecular weight is 252 g/mol. The molecule has 3 rings (SSSR count). The third kappa shape index (κ3) is 3.01. The topological polar surface area (TPSA) is 33.6 Å². The first kappa shape index (κ1) is 11.9. The fraction of sp³-hybridized carbons (Fsp3) is 0.188. The van der Waals surface area contributed by atoms with Crippen LogP contribution in [0.4, 0.5) is 0 Å². The zero-order chi connectivity index (χ0) is 12.9. The predicted molar refractivity (Wildman–Crippen MR) is 76.0 cm³/mol. The van der Waals surface area contributed by atoms with Gasteiger partial charge in [-0.25, -0.2) is 4.99 Å². The highest BCUT2D eigenvalue weighted by atomic mass is 16.5. The number of hydrogen-bond donors (Lipinski definition) is 1. The molecule has 0 saturated carbocycles. The maximum atomic E-state index is 5.63. The lowest BCUT2D eigenvalue weighted by molar-refractivity contribution is 0.298. The Morgan fingerprint density at radius 3 is 2.42 bits per heavy atom. The zero-order valence-corrected chi connectivity index (χ0v) is 10.6. The molecule has 96 valence electrons. The maximum absolute atomic E-state index is 5.63. The molecule has 0 aliphatic carbocycles. The van der Waals surface area contributed by atoms with Crippen LogP contribution < -0.4 is 5.32 Å². The maximum Gasteiger partial charge on any atom is 0.217 e. The van der Waals surface area contributed by atoms with E-state index < -0.39 is 0 Å². The van der Waals surface area contributed by atoms with Gasteiger partial charge in [0, 0.05) is 12.1 Å². The van der Waals surface area contributed by atoms with E-state index in [1.54, 1.807) is 0 Å². The third-order valence-electron chi connectivity index (χ3n) is 3.06. The summed E-state index contributed by atoms with van der Waals surface area (Å²) in [5.41, 5.74) is 2.29. The molecular weight excluding hydrogens is 236 g/mol. The minimum atomic E-state index is 0.0374. The molecule has 0 aromatic heterocycles. The molecule has 0 bridgehead atoms. The smallest absolute Gasteiger partial charge is 0.217 e. The van der Waals surface area contributed by atoms with E-state index in [9.17, 15) is 0 Å². The molecule has 0 saturated heterocycles. The standard InChI is InChI=1S/C16H16N2O/c1-3-7-13(8-4-1)11-17-15-12-19-16(18-15)14-9-5-2-6-10-14/h1-10,15,17H,11-12H2. The van der Waals surface area contributed by atoms with Gasteiger partial charge in [0.25, 0.3) is 0 Å². The summed E-state index contributed by atoms with van der Waals surface area (Å²) in [6.45, 7) is 1.40. The van der Waals surface area contributed by atoms with E-state index in [1.807, 2.05) is 48.5 Å². The average Bonchev–Trinajstić information content (AvgIpc) is 2.96. The Labute approximate surface area is 113 Å². The van der Waals surface area contributed by atoms with Gasteiger partial charge in [0.05, 0.1) is 0 Å². The van der Waals surface area contributed by atoms with Crippen molar-refractivity contribution in [2.75, 3.05) is 6.61 Å². The lowest BCUT2D eigenvalue weighted by Gasteiger charge is -2.07. The quantitative estimate of drug-likeness (QED) is 0.907. The normalized spacial score (nSPS) is 17.9. The molecule has 0 amide bonds. The Morgan fingerprint density at radius 1 is 1.00 bits per heavy atom. The molecule has 0 spiro atoms. The molecule has 1 aliphatic rings. The molecule has 1 N–H and O–H groups in total. The number of nitrogens with one attached hydrogen (secondary N) is 1. The van der Waals surface area contributed by atoms with Crippen LogP contribution in [0.25, 0.3) is 0 Å².